The first kappa shape index (κ1) is 16.9. The fourth-order valence-electron chi connectivity index (χ4n) is 6.02. The molecule has 23 heavy (non-hydrogen) atoms. The molecule has 128 valence electrons. The normalized spacial score (nSPS) is 47.4. The SMILES string of the molecule is C[C@H]1CC[C@](C)(C2CC[C@]3(C)C(=O)CC[C@H]3[C@@H]2CC=O)C(=O)C1. The summed E-state index contributed by atoms with van der Waals surface area (Å²) in [5, 5.41) is 0. The van der Waals surface area contributed by atoms with Gasteiger partial charge in [-0.2, -0.15) is 0 Å². The van der Waals surface area contributed by atoms with E-state index < -0.39 is 0 Å². The molecule has 0 aromatic rings. The highest BCUT2D eigenvalue weighted by molar-refractivity contribution is 5.88. The molecule has 3 heteroatoms. The Kier molecular flexibility index (Phi) is 4.27. The van der Waals surface area contributed by atoms with Gasteiger partial charge in [0.15, 0.2) is 0 Å². The monoisotopic (exact) mass is 318 g/mol. The van der Waals surface area contributed by atoms with Crippen LogP contribution in [0.25, 0.3) is 0 Å². The Labute approximate surface area is 139 Å². The molecule has 3 aliphatic rings. The van der Waals surface area contributed by atoms with Gasteiger partial charge >= 0.3 is 0 Å². The highest BCUT2D eigenvalue weighted by Crippen LogP contribution is 2.60. The molecule has 0 heterocycles. The van der Waals surface area contributed by atoms with E-state index in [-0.39, 0.29) is 22.7 Å². The second-order valence-corrected chi connectivity index (χ2v) is 8.89. The molecule has 0 N–H and O–H groups in total. The van der Waals surface area contributed by atoms with Crippen LogP contribution in [0, 0.1) is 34.5 Å². The maximum atomic E-state index is 12.9. The molecule has 0 bridgehead atoms. The van der Waals surface area contributed by atoms with Gasteiger partial charge in [-0.05, 0) is 55.8 Å². The van der Waals surface area contributed by atoms with E-state index in [1.807, 2.05) is 0 Å². The van der Waals surface area contributed by atoms with Crippen molar-refractivity contribution in [2.45, 2.75) is 72.1 Å². The maximum Gasteiger partial charge on any atom is 0.139 e. The van der Waals surface area contributed by atoms with E-state index in [9.17, 15) is 14.4 Å². The Bertz CT molecular complexity index is 525. The molecule has 0 saturated heterocycles. The van der Waals surface area contributed by atoms with E-state index in [1.165, 1.54) is 0 Å². The number of rotatable bonds is 3. The Hall–Kier alpha value is -0.990. The average molecular weight is 318 g/mol. The minimum Gasteiger partial charge on any atom is -0.303 e. The van der Waals surface area contributed by atoms with Gasteiger partial charge in [-0.1, -0.05) is 20.8 Å². The van der Waals surface area contributed by atoms with Crippen LogP contribution in [0.3, 0.4) is 0 Å². The van der Waals surface area contributed by atoms with Crippen molar-refractivity contribution in [2.24, 2.45) is 34.5 Å². The molecule has 6 atom stereocenters. The van der Waals surface area contributed by atoms with E-state index in [0.29, 0.717) is 42.7 Å². The minimum atomic E-state index is -0.285. The summed E-state index contributed by atoms with van der Waals surface area (Å²) in [7, 11) is 0. The molecule has 3 fully saturated rings. The van der Waals surface area contributed by atoms with Gasteiger partial charge in [0.1, 0.15) is 17.9 Å². The lowest BCUT2D eigenvalue weighted by atomic mass is 9.51. The Morgan fingerprint density at radius 2 is 1.61 bits per heavy atom. The molecule has 3 rings (SSSR count). The first-order valence-corrected chi connectivity index (χ1v) is 9.33. The standard InChI is InChI=1S/C20H30O3/c1-13-6-9-20(3,18(23)12-13)16-7-10-19(2)15(4-5-17(19)22)14(16)8-11-21/h11,13-16H,4-10,12H2,1-3H3/t13-,14-,15-,16?,19-,20+/m0/s1. The van der Waals surface area contributed by atoms with Crippen LogP contribution >= 0.6 is 0 Å². The van der Waals surface area contributed by atoms with Gasteiger partial charge in [0.05, 0.1) is 0 Å². The summed E-state index contributed by atoms with van der Waals surface area (Å²) in [6.45, 7) is 6.41. The van der Waals surface area contributed by atoms with Crippen molar-refractivity contribution >= 4 is 17.9 Å². The van der Waals surface area contributed by atoms with Crippen LogP contribution in [0.4, 0.5) is 0 Å². The summed E-state index contributed by atoms with van der Waals surface area (Å²) in [5.74, 6) is 2.04. The molecule has 3 aliphatic carbocycles. The van der Waals surface area contributed by atoms with Crippen molar-refractivity contribution in [1.82, 2.24) is 0 Å². The predicted octanol–water partition coefficient (Wildman–Crippen LogP) is 3.98. The Morgan fingerprint density at radius 3 is 2.26 bits per heavy atom. The lowest BCUT2D eigenvalue weighted by Gasteiger charge is -2.52. The molecule has 3 saturated carbocycles. The molecule has 0 aromatic heterocycles. The third kappa shape index (κ3) is 2.51. The van der Waals surface area contributed by atoms with E-state index in [1.54, 1.807) is 0 Å². The molecule has 0 spiro atoms. The van der Waals surface area contributed by atoms with Crippen molar-refractivity contribution in [3.8, 4) is 0 Å². The summed E-state index contributed by atoms with van der Waals surface area (Å²) < 4.78 is 0. The van der Waals surface area contributed by atoms with Crippen LogP contribution in [0.2, 0.25) is 0 Å². The predicted molar refractivity (Wildman–Crippen MR) is 88.9 cm³/mol. The minimum absolute atomic E-state index is 0.208. The number of Topliss-reactive ketones (excluding diaryl/α,β-unsaturated/α-hetero) is 2. The van der Waals surface area contributed by atoms with Gasteiger partial charge in [0.2, 0.25) is 0 Å². The fourth-order valence-corrected chi connectivity index (χ4v) is 6.02. The summed E-state index contributed by atoms with van der Waals surface area (Å²) >= 11 is 0. The molecule has 0 amide bonds. The summed E-state index contributed by atoms with van der Waals surface area (Å²) in [5.41, 5.74) is -0.529. The number of hydrogen-bond acceptors (Lipinski definition) is 3. The lowest BCUT2D eigenvalue weighted by Crippen LogP contribution is -2.50. The van der Waals surface area contributed by atoms with Crippen LogP contribution in [0.1, 0.15) is 72.1 Å². The summed E-state index contributed by atoms with van der Waals surface area (Å²) in [4.78, 5) is 36.6. The molecule has 0 aliphatic heterocycles. The zero-order valence-electron chi connectivity index (χ0n) is 14.8. The maximum absolute atomic E-state index is 12.9. The number of carbonyl (C=O) groups is 3. The number of ketones is 2. The number of fused-ring (bicyclic) bond motifs is 1. The molecule has 1 unspecified atom stereocenters. The van der Waals surface area contributed by atoms with E-state index in [2.05, 4.69) is 20.8 Å². The molecule has 3 nitrogen and oxygen atoms in total. The first-order valence-electron chi connectivity index (χ1n) is 9.33. The zero-order valence-corrected chi connectivity index (χ0v) is 14.8. The largest absolute Gasteiger partial charge is 0.303 e. The summed E-state index contributed by atoms with van der Waals surface area (Å²) in [6.07, 6.45) is 7.65. The third-order valence-electron chi connectivity index (χ3n) is 7.66. The van der Waals surface area contributed by atoms with Crippen LogP contribution in [0.5, 0.6) is 0 Å². The molecular weight excluding hydrogens is 288 g/mol. The van der Waals surface area contributed by atoms with Crippen LogP contribution < -0.4 is 0 Å². The highest BCUT2D eigenvalue weighted by Gasteiger charge is 2.58. The van der Waals surface area contributed by atoms with Crippen molar-refractivity contribution in [2.75, 3.05) is 0 Å². The van der Waals surface area contributed by atoms with Gasteiger partial charge in [-0.3, -0.25) is 9.59 Å². The van der Waals surface area contributed by atoms with Gasteiger partial charge in [0, 0.05) is 30.1 Å². The smallest absolute Gasteiger partial charge is 0.139 e. The quantitative estimate of drug-likeness (QED) is 0.740. The van der Waals surface area contributed by atoms with Crippen molar-refractivity contribution < 1.29 is 14.4 Å². The third-order valence-corrected chi connectivity index (χ3v) is 7.66. The highest BCUT2D eigenvalue weighted by atomic mass is 16.1. The zero-order chi connectivity index (χ0) is 16.8. The second-order valence-electron chi connectivity index (χ2n) is 8.89. The van der Waals surface area contributed by atoms with E-state index >= 15 is 0 Å². The Balaban J connectivity index is 1.91. The van der Waals surface area contributed by atoms with Crippen molar-refractivity contribution in [3.63, 3.8) is 0 Å². The van der Waals surface area contributed by atoms with Crippen molar-refractivity contribution in [1.29, 1.82) is 0 Å². The summed E-state index contributed by atoms with van der Waals surface area (Å²) in [6, 6.07) is 0. The molecule has 0 radical (unpaired) electrons. The Morgan fingerprint density at radius 1 is 1.00 bits per heavy atom. The topological polar surface area (TPSA) is 51.2 Å². The van der Waals surface area contributed by atoms with Gasteiger partial charge in [-0.25, -0.2) is 0 Å². The fraction of sp³-hybridized carbons (Fsp3) is 0.850. The van der Waals surface area contributed by atoms with Crippen LogP contribution in [-0.4, -0.2) is 17.9 Å². The average Bonchev–Trinajstić information content (AvgIpc) is 2.80. The van der Waals surface area contributed by atoms with Crippen LogP contribution in [0.15, 0.2) is 0 Å². The molecule has 0 aromatic carbocycles. The van der Waals surface area contributed by atoms with Crippen molar-refractivity contribution in [3.05, 3.63) is 0 Å². The van der Waals surface area contributed by atoms with E-state index in [0.717, 1.165) is 38.4 Å². The molecular formula is C20H30O3. The van der Waals surface area contributed by atoms with Gasteiger partial charge < -0.3 is 4.79 Å². The van der Waals surface area contributed by atoms with E-state index in [4.69, 9.17) is 0 Å². The first-order chi connectivity index (χ1) is 10.8. The number of carbonyl (C=O) groups excluding carboxylic acids is 3. The second kappa shape index (κ2) is 5.82. The number of aldehydes is 1. The number of hydrogen-bond donors (Lipinski definition) is 0. The lowest BCUT2D eigenvalue weighted by molar-refractivity contribution is -0.145. The van der Waals surface area contributed by atoms with Crippen LogP contribution in [-0.2, 0) is 14.4 Å². The van der Waals surface area contributed by atoms with Gasteiger partial charge in [-0.15, -0.1) is 0 Å². The van der Waals surface area contributed by atoms with Gasteiger partial charge in [0.25, 0.3) is 0 Å².